The lowest BCUT2D eigenvalue weighted by atomic mass is 10.0. The molecule has 1 aromatic heterocycles. The van der Waals surface area contributed by atoms with Crippen LogP contribution in [0.5, 0.6) is 0 Å². The van der Waals surface area contributed by atoms with Gasteiger partial charge in [0.05, 0.1) is 13.0 Å². The fourth-order valence-corrected chi connectivity index (χ4v) is 4.41. The van der Waals surface area contributed by atoms with Crippen LogP contribution in [0.1, 0.15) is 37.0 Å². The van der Waals surface area contributed by atoms with Crippen LogP contribution in [0.4, 0.5) is 5.69 Å². The summed E-state index contributed by atoms with van der Waals surface area (Å²) in [5, 5.41) is 3.15. The van der Waals surface area contributed by atoms with Gasteiger partial charge in [0, 0.05) is 48.7 Å². The van der Waals surface area contributed by atoms with E-state index in [9.17, 15) is 9.59 Å². The Bertz CT molecular complexity index is 896. The van der Waals surface area contributed by atoms with Gasteiger partial charge in [-0.1, -0.05) is 32.0 Å². The predicted octanol–water partition coefficient (Wildman–Crippen LogP) is 3.68. The van der Waals surface area contributed by atoms with Gasteiger partial charge in [0.25, 0.3) is 0 Å². The van der Waals surface area contributed by atoms with Gasteiger partial charge in [-0.15, -0.1) is 0 Å². The summed E-state index contributed by atoms with van der Waals surface area (Å²) in [5.41, 5.74) is 4.21. The van der Waals surface area contributed by atoms with Crippen molar-refractivity contribution < 1.29 is 9.59 Å². The lowest BCUT2D eigenvalue weighted by Gasteiger charge is -2.22. The van der Waals surface area contributed by atoms with Gasteiger partial charge >= 0.3 is 0 Å². The number of aromatic nitrogens is 1. The van der Waals surface area contributed by atoms with Crippen molar-refractivity contribution >= 4 is 33.4 Å². The summed E-state index contributed by atoms with van der Waals surface area (Å²) in [7, 11) is 0. The van der Waals surface area contributed by atoms with Crippen LogP contribution in [0.3, 0.4) is 0 Å². The zero-order valence-electron chi connectivity index (χ0n) is 18.4. The van der Waals surface area contributed by atoms with E-state index in [0.29, 0.717) is 26.1 Å². The number of benzene rings is 1. The summed E-state index contributed by atoms with van der Waals surface area (Å²) in [6.07, 6.45) is 6.43. The predicted molar refractivity (Wildman–Crippen MR) is 127 cm³/mol. The summed E-state index contributed by atoms with van der Waals surface area (Å²) in [4.78, 5) is 33.7. The van der Waals surface area contributed by atoms with E-state index in [1.807, 2.05) is 11.0 Å². The second-order valence-corrected chi connectivity index (χ2v) is 8.82. The Hall–Kier alpha value is -2.25. The standard InChI is InChI=1S/C24H31BrN4O2/c1-3-19-7-5-8-20(4-2)24(19)27-22(30)17-28-9-6-10-29(12-11-28)23(31)14-18-13-21(25)16-26-15-18/h5,7-8,13,15-16H,3-4,6,9-12,14,17H2,1-2H3,(H,27,30). The average Bonchev–Trinajstić information content (AvgIpc) is 2.99. The molecule has 1 aromatic carbocycles. The SMILES string of the molecule is CCc1cccc(CC)c1NC(=O)CN1CCCN(C(=O)Cc2cncc(Br)c2)CC1. The smallest absolute Gasteiger partial charge is 0.238 e. The Morgan fingerprint density at radius 3 is 2.48 bits per heavy atom. The first-order valence-electron chi connectivity index (χ1n) is 11.0. The van der Waals surface area contributed by atoms with Crippen LogP contribution in [-0.4, -0.2) is 59.3 Å². The van der Waals surface area contributed by atoms with Crippen molar-refractivity contribution in [3.8, 4) is 0 Å². The molecule has 0 aliphatic carbocycles. The van der Waals surface area contributed by atoms with Crippen molar-refractivity contribution in [2.24, 2.45) is 0 Å². The Kier molecular flexibility index (Phi) is 8.60. The molecule has 1 aliphatic heterocycles. The Labute approximate surface area is 193 Å². The van der Waals surface area contributed by atoms with E-state index < -0.39 is 0 Å². The number of carbonyl (C=O) groups is 2. The number of amides is 2. The number of hydrogen-bond donors (Lipinski definition) is 1. The summed E-state index contributed by atoms with van der Waals surface area (Å²) in [6, 6.07) is 8.13. The number of carbonyl (C=O) groups excluding carboxylic acids is 2. The van der Waals surface area contributed by atoms with Crippen LogP contribution in [0.2, 0.25) is 0 Å². The molecule has 31 heavy (non-hydrogen) atoms. The van der Waals surface area contributed by atoms with Gasteiger partial charge < -0.3 is 10.2 Å². The van der Waals surface area contributed by atoms with Crippen LogP contribution in [0.15, 0.2) is 41.1 Å². The molecule has 0 spiro atoms. The molecule has 1 N–H and O–H groups in total. The maximum absolute atomic E-state index is 12.8. The maximum atomic E-state index is 12.8. The van der Waals surface area contributed by atoms with E-state index in [2.05, 4.69) is 63.2 Å². The third-order valence-electron chi connectivity index (χ3n) is 5.69. The van der Waals surface area contributed by atoms with Crippen LogP contribution >= 0.6 is 15.9 Å². The molecule has 0 radical (unpaired) electrons. The number of pyridine rings is 1. The summed E-state index contributed by atoms with van der Waals surface area (Å²) in [6.45, 7) is 7.43. The topological polar surface area (TPSA) is 65.5 Å². The van der Waals surface area contributed by atoms with Gasteiger partial charge in [0.1, 0.15) is 0 Å². The Morgan fingerprint density at radius 1 is 1.06 bits per heavy atom. The van der Waals surface area contributed by atoms with E-state index >= 15 is 0 Å². The van der Waals surface area contributed by atoms with Crippen molar-refractivity contribution in [2.75, 3.05) is 38.0 Å². The number of nitrogens with zero attached hydrogens (tertiary/aromatic N) is 3. The normalized spacial score (nSPS) is 14.9. The summed E-state index contributed by atoms with van der Waals surface area (Å²) < 4.78 is 0.877. The van der Waals surface area contributed by atoms with Crippen molar-refractivity contribution in [3.63, 3.8) is 0 Å². The minimum atomic E-state index is 0.00980. The molecule has 3 rings (SSSR count). The first-order valence-corrected chi connectivity index (χ1v) is 11.8. The molecule has 2 amide bonds. The molecule has 0 atom stereocenters. The molecule has 0 saturated carbocycles. The molecule has 166 valence electrons. The third kappa shape index (κ3) is 6.61. The van der Waals surface area contributed by atoms with Crippen molar-refractivity contribution in [1.82, 2.24) is 14.8 Å². The third-order valence-corrected chi connectivity index (χ3v) is 6.12. The summed E-state index contributed by atoms with van der Waals surface area (Å²) >= 11 is 3.40. The number of hydrogen-bond acceptors (Lipinski definition) is 4. The molecule has 0 unspecified atom stereocenters. The van der Waals surface area contributed by atoms with E-state index in [1.165, 1.54) is 11.1 Å². The van der Waals surface area contributed by atoms with Crippen molar-refractivity contribution in [2.45, 2.75) is 39.5 Å². The van der Waals surface area contributed by atoms with Crippen LogP contribution < -0.4 is 5.32 Å². The van der Waals surface area contributed by atoms with E-state index in [1.54, 1.807) is 12.4 Å². The number of rotatable bonds is 7. The highest BCUT2D eigenvalue weighted by Crippen LogP contribution is 2.22. The number of nitrogens with one attached hydrogen (secondary N) is 1. The Balaban J connectivity index is 1.54. The molecule has 0 bridgehead atoms. The number of aryl methyl sites for hydroxylation is 2. The van der Waals surface area contributed by atoms with E-state index in [4.69, 9.17) is 0 Å². The average molecular weight is 487 g/mol. The second kappa shape index (κ2) is 11.4. The molecular formula is C24H31BrN4O2. The minimum Gasteiger partial charge on any atom is -0.341 e. The quantitative estimate of drug-likeness (QED) is 0.647. The van der Waals surface area contributed by atoms with Crippen LogP contribution in [0.25, 0.3) is 0 Å². The Morgan fingerprint density at radius 2 is 1.81 bits per heavy atom. The van der Waals surface area contributed by atoms with Gasteiger partial charge in [-0.2, -0.15) is 0 Å². The maximum Gasteiger partial charge on any atom is 0.238 e. The fraction of sp³-hybridized carbons (Fsp3) is 0.458. The molecule has 2 heterocycles. The molecule has 1 saturated heterocycles. The van der Waals surface area contributed by atoms with Crippen LogP contribution in [0, 0.1) is 0 Å². The van der Waals surface area contributed by atoms with Crippen molar-refractivity contribution in [1.29, 1.82) is 0 Å². The zero-order chi connectivity index (χ0) is 22.2. The highest BCUT2D eigenvalue weighted by molar-refractivity contribution is 9.10. The molecule has 1 fully saturated rings. The van der Waals surface area contributed by atoms with E-state index in [0.717, 1.165) is 48.1 Å². The van der Waals surface area contributed by atoms with Gasteiger partial charge in [-0.3, -0.25) is 19.5 Å². The number of para-hydroxylation sites is 1. The fourth-order valence-electron chi connectivity index (χ4n) is 4.00. The molecule has 7 heteroatoms. The van der Waals surface area contributed by atoms with Gasteiger partial charge in [-0.05, 0) is 57.9 Å². The number of anilines is 1. The first kappa shape index (κ1) is 23.4. The largest absolute Gasteiger partial charge is 0.341 e. The van der Waals surface area contributed by atoms with Crippen LogP contribution in [-0.2, 0) is 28.9 Å². The monoisotopic (exact) mass is 486 g/mol. The highest BCUT2D eigenvalue weighted by Gasteiger charge is 2.21. The number of halogens is 1. The van der Waals surface area contributed by atoms with Gasteiger partial charge in [-0.25, -0.2) is 0 Å². The van der Waals surface area contributed by atoms with E-state index in [-0.39, 0.29) is 11.8 Å². The lowest BCUT2D eigenvalue weighted by molar-refractivity contribution is -0.130. The second-order valence-electron chi connectivity index (χ2n) is 7.91. The zero-order valence-corrected chi connectivity index (χ0v) is 20.0. The van der Waals surface area contributed by atoms with Gasteiger partial charge in [0.2, 0.25) is 11.8 Å². The molecule has 1 aliphatic rings. The minimum absolute atomic E-state index is 0.00980. The molecule has 2 aromatic rings. The molecule has 6 nitrogen and oxygen atoms in total. The van der Waals surface area contributed by atoms with Gasteiger partial charge in [0.15, 0.2) is 0 Å². The molecular weight excluding hydrogens is 456 g/mol. The van der Waals surface area contributed by atoms with Crippen molar-refractivity contribution in [3.05, 3.63) is 57.8 Å². The summed E-state index contributed by atoms with van der Waals surface area (Å²) in [5.74, 6) is 0.117. The lowest BCUT2D eigenvalue weighted by Crippen LogP contribution is -2.38. The highest BCUT2D eigenvalue weighted by atomic mass is 79.9. The first-order chi connectivity index (χ1) is 15.0.